The maximum absolute atomic E-state index is 12.9. The van der Waals surface area contributed by atoms with E-state index in [-0.39, 0.29) is 12.4 Å². The van der Waals surface area contributed by atoms with E-state index in [1.165, 1.54) is 0 Å². The third kappa shape index (κ3) is 2.39. The molecule has 1 saturated carbocycles. The lowest BCUT2D eigenvalue weighted by molar-refractivity contribution is -0.147. The Morgan fingerprint density at radius 1 is 1.08 bits per heavy atom. The number of Topliss-reactive ketones (excluding diaryl/α,β-unsaturated/α-hetero) is 1. The number of rotatable bonds is 5. The predicted octanol–water partition coefficient (Wildman–Crippen LogP) is 3.36. The second-order valence-corrected chi connectivity index (χ2v) is 5.80. The first-order valence-electron chi connectivity index (χ1n) is 7.89. The van der Waals surface area contributed by atoms with E-state index in [0.29, 0.717) is 5.56 Å². The zero-order valence-corrected chi connectivity index (χ0v) is 13.3. The highest BCUT2D eigenvalue weighted by atomic mass is 16.5. The molecule has 4 heteroatoms. The fourth-order valence-corrected chi connectivity index (χ4v) is 3.33. The van der Waals surface area contributed by atoms with E-state index in [0.717, 1.165) is 5.56 Å². The summed E-state index contributed by atoms with van der Waals surface area (Å²) in [6.07, 6.45) is 0. The van der Waals surface area contributed by atoms with E-state index in [4.69, 9.17) is 4.74 Å². The first-order valence-corrected chi connectivity index (χ1v) is 7.89. The topological polar surface area (TPSA) is 67.2 Å². The molecule has 4 nitrogen and oxygen atoms in total. The second-order valence-electron chi connectivity index (χ2n) is 5.80. The van der Waals surface area contributed by atoms with Crippen molar-refractivity contribution in [3.8, 4) is 6.07 Å². The lowest BCUT2D eigenvalue weighted by Gasteiger charge is -2.08. The number of ketones is 1. The zero-order chi connectivity index (χ0) is 17.2. The molecule has 0 spiro atoms. The van der Waals surface area contributed by atoms with Crippen LogP contribution in [0.5, 0.6) is 0 Å². The van der Waals surface area contributed by atoms with Crippen molar-refractivity contribution in [1.29, 1.82) is 5.26 Å². The predicted molar refractivity (Wildman–Crippen MR) is 88.1 cm³/mol. The second kappa shape index (κ2) is 6.29. The van der Waals surface area contributed by atoms with Crippen molar-refractivity contribution in [2.24, 2.45) is 11.3 Å². The fourth-order valence-electron chi connectivity index (χ4n) is 3.33. The van der Waals surface area contributed by atoms with Gasteiger partial charge in [-0.15, -0.1) is 0 Å². The van der Waals surface area contributed by atoms with Crippen LogP contribution in [-0.4, -0.2) is 18.4 Å². The van der Waals surface area contributed by atoms with Gasteiger partial charge in [0.15, 0.2) is 11.2 Å². The smallest absolute Gasteiger partial charge is 0.327 e. The molecule has 0 radical (unpaired) electrons. The number of benzene rings is 2. The summed E-state index contributed by atoms with van der Waals surface area (Å²) in [5, 5.41) is 9.75. The van der Waals surface area contributed by atoms with Gasteiger partial charge in [-0.25, -0.2) is 0 Å². The Bertz CT molecular complexity index is 795. The molecule has 0 aliphatic heterocycles. The van der Waals surface area contributed by atoms with Gasteiger partial charge in [-0.1, -0.05) is 60.7 Å². The van der Waals surface area contributed by atoms with E-state index < -0.39 is 23.2 Å². The number of nitriles is 1. The van der Waals surface area contributed by atoms with Crippen molar-refractivity contribution >= 4 is 11.8 Å². The van der Waals surface area contributed by atoms with Crippen LogP contribution in [-0.2, 0) is 9.53 Å². The van der Waals surface area contributed by atoms with Crippen molar-refractivity contribution in [3.63, 3.8) is 0 Å². The van der Waals surface area contributed by atoms with Crippen LogP contribution in [0.4, 0.5) is 0 Å². The van der Waals surface area contributed by atoms with Gasteiger partial charge in [-0.2, -0.15) is 5.26 Å². The molecule has 1 aliphatic carbocycles. The highest BCUT2D eigenvalue weighted by Gasteiger charge is 2.75. The molecule has 3 atom stereocenters. The Kier molecular flexibility index (Phi) is 4.18. The summed E-state index contributed by atoms with van der Waals surface area (Å²) < 4.78 is 5.11. The number of carbonyl (C=O) groups excluding carboxylic acids is 2. The van der Waals surface area contributed by atoms with Crippen LogP contribution in [0.2, 0.25) is 0 Å². The van der Waals surface area contributed by atoms with Gasteiger partial charge in [0.2, 0.25) is 0 Å². The van der Waals surface area contributed by atoms with Crippen molar-refractivity contribution in [3.05, 3.63) is 71.8 Å². The molecule has 2 aromatic rings. The average molecular weight is 319 g/mol. The van der Waals surface area contributed by atoms with E-state index in [1.807, 2.05) is 36.4 Å². The minimum atomic E-state index is -1.44. The largest absolute Gasteiger partial charge is 0.465 e. The number of hydrogen-bond donors (Lipinski definition) is 0. The van der Waals surface area contributed by atoms with Gasteiger partial charge in [0.25, 0.3) is 0 Å². The number of ether oxygens (including phenoxy) is 1. The summed E-state index contributed by atoms with van der Waals surface area (Å²) in [5.41, 5.74) is -0.129. The van der Waals surface area contributed by atoms with Crippen LogP contribution in [0.1, 0.15) is 28.8 Å². The van der Waals surface area contributed by atoms with Crippen LogP contribution < -0.4 is 0 Å². The molecule has 0 N–H and O–H groups in total. The van der Waals surface area contributed by atoms with Gasteiger partial charge in [-0.3, -0.25) is 9.59 Å². The molecule has 0 heterocycles. The molecule has 0 amide bonds. The highest BCUT2D eigenvalue weighted by molar-refractivity contribution is 6.07. The van der Waals surface area contributed by atoms with E-state index in [1.54, 1.807) is 31.2 Å². The van der Waals surface area contributed by atoms with Crippen LogP contribution >= 0.6 is 0 Å². The Hall–Kier alpha value is -2.93. The summed E-state index contributed by atoms with van der Waals surface area (Å²) in [6.45, 7) is 1.87. The first-order chi connectivity index (χ1) is 11.7. The fraction of sp³-hybridized carbons (Fsp3) is 0.250. The van der Waals surface area contributed by atoms with E-state index in [9.17, 15) is 14.9 Å². The Labute approximate surface area is 140 Å². The molecule has 0 aromatic heterocycles. The summed E-state index contributed by atoms with van der Waals surface area (Å²) in [7, 11) is 0. The van der Waals surface area contributed by atoms with Crippen LogP contribution in [0.3, 0.4) is 0 Å². The van der Waals surface area contributed by atoms with Crippen molar-refractivity contribution in [2.75, 3.05) is 6.61 Å². The van der Waals surface area contributed by atoms with Gasteiger partial charge < -0.3 is 4.74 Å². The number of esters is 1. The number of carbonyl (C=O) groups is 2. The molecule has 120 valence electrons. The lowest BCUT2D eigenvalue weighted by atomic mass is 9.99. The van der Waals surface area contributed by atoms with Gasteiger partial charge in [-0.05, 0) is 12.5 Å². The monoisotopic (exact) mass is 319 g/mol. The minimum absolute atomic E-state index is 0.177. The maximum atomic E-state index is 12.9. The molecule has 0 bridgehead atoms. The standard InChI is InChI=1S/C20H17NO3/c1-2-24-19(23)20(13-21)16(14-9-5-3-6-10-14)17(20)18(22)15-11-7-4-8-12-15/h3-12,16-17H,2H2,1H3/t16-,17+,20-/m1/s1. The zero-order valence-electron chi connectivity index (χ0n) is 13.3. The Balaban J connectivity index is 2.03. The van der Waals surface area contributed by atoms with Gasteiger partial charge in [0.05, 0.1) is 18.6 Å². The normalized spacial score (nSPS) is 24.7. The van der Waals surface area contributed by atoms with Crippen molar-refractivity contribution < 1.29 is 14.3 Å². The van der Waals surface area contributed by atoms with Crippen molar-refractivity contribution in [2.45, 2.75) is 12.8 Å². The molecule has 3 rings (SSSR count). The molecule has 24 heavy (non-hydrogen) atoms. The minimum Gasteiger partial charge on any atom is -0.465 e. The summed E-state index contributed by atoms with van der Waals surface area (Å²) in [4.78, 5) is 25.4. The molecule has 1 fully saturated rings. The average Bonchev–Trinajstić information content (AvgIpc) is 3.33. The first kappa shape index (κ1) is 15.9. The van der Waals surface area contributed by atoms with Crippen LogP contribution in [0, 0.1) is 22.7 Å². The van der Waals surface area contributed by atoms with E-state index in [2.05, 4.69) is 6.07 Å². The summed E-state index contributed by atoms with van der Waals surface area (Å²) >= 11 is 0. The molecule has 0 saturated heterocycles. The Morgan fingerprint density at radius 3 is 2.21 bits per heavy atom. The third-order valence-corrected chi connectivity index (χ3v) is 4.50. The maximum Gasteiger partial charge on any atom is 0.327 e. The third-order valence-electron chi connectivity index (χ3n) is 4.50. The molecular formula is C20H17NO3. The van der Waals surface area contributed by atoms with Crippen LogP contribution in [0.15, 0.2) is 60.7 Å². The highest BCUT2D eigenvalue weighted by Crippen LogP contribution is 2.66. The van der Waals surface area contributed by atoms with Gasteiger partial charge in [0, 0.05) is 11.5 Å². The molecule has 2 aromatic carbocycles. The quantitative estimate of drug-likeness (QED) is 0.626. The molecule has 1 aliphatic rings. The van der Waals surface area contributed by atoms with E-state index >= 15 is 0 Å². The number of nitrogens with zero attached hydrogens (tertiary/aromatic N) is 1. The molecular weight excluding hydrogens is 302 g/mol. The lowest BCUT2D eigenvalue weighted by Crippen LogP contribution is -2.23. The van der Waals surface area contributed by atoms with Gasteiger partial charge >= 0.3 is 5.97 Å². The van der Waals surface area contributed by atoms with Gasteiger partial charge in [0.1, 0.15) is 0 Å². The summed E-state index contributed by atoms with van der Waals surface area (Å²) in [5.74, 6) is -2.00. The Morgan fingerprint density at radius 2 is 1.67 bits per heavy atom. The SMILES string of the molecule is CCOC(=O)[C@@]1(C#N)[C@H](C(=O)c2ccccc2)[C@H]1c1ccccc1. The van der Waals surface area contributed by atoms with Crippen LogP contribution in [0.25, 0.3) is 0 Å². The van der Waals surface area contributed by atoms with Crippen molar-refractivity contribution in [1.82, 2.24) is 0 Å². The molecule has 0 unspecified atom stereocenters. The number of hydrogen-bond acceptors (Lipinski definition) is 4. The summed E-state index contributed by atoms with van der Waals surface area (Å²) in [6, 6.07) is 20.1.